The monoisotopic (exact) mass is 483 g/mol. The lowest BCUT2D eigenvalue weighted by atomic mass is 10.1. The van der Waals surface area contributed by atoms with Crippen LogP contribution in [0.4, 0.5) is 17.6 Å². The first kappa shape index (κ1) is 24.5. The van der Waals surface area contributed by atoms with E-state index in [2.05, 4.69) is 4.98 Å². The van der Waals surface area contributed by atoms with Crippen LogP contribution in [0.5, 0.6) is 11.5 Å². The molecule has 1 N–H and O–H groups in total. The molecule has 0 radical (unpaired) electrons. The molecule has 0 aliphatic rings. The zero-order valence-electron chi connectivity index (χ0n) is 18.2. The summed E-state index contributed by atoms with van der Waals surface area (Å²) in [5.74, 6) is -1.69. The van der Waals surface area contributed by atoms with E-state index in [1.54, 1.807) is 25.1 Å². The van der Waals surface area contributed by atoms with Gasteiger partial charge in [-0.3, -0.25) is 0 Å². The fraction of sp³-hybridized carbons (Fsp3) is 0.304. The number of alkyl halides is 3. The maximum Gasteiger partial charge on any atom is 0.419 e. The highest BCUT2D eigenvalue weighted by atomic mass is 32.1. The summed E-state index contributed by atoms with van der Waals surface area (Å²) in [6, 6.07) is 7.71. The molecule has 0 atom stereocenters. The van der Waals surface area contributed by atoms with E-state index in [4.69, 9.17) is 9.47 Å². The SMILES string of the molecule is Cc1cc(OCc2sc(-c3ccc(C(F)(F)F)c(F)c3)nc2C)cc(OC(C)(C)C(=O)O)c1. The maximum atomic E-state index is 13.9. The van der Waals surface area contributed by atoms with Gasteiger partial charge in [-0.2, -0.15) is 13.2 Å². The van der Waals surface area contributed by atoms with Crippen LogP contribution >= 0.6 is 11.3 Å². The Hall–Kier alpha value is -3.14. The number of carboxylic acid groups (broad SMARTS) is 1. The van der Waals surface area contributed by atoms with Gasteiger partial charge in [0.05, 0.1) is 16.1 Å². The number of ether oxygens (including phenoxy) is 2. The first-order chi connectivity index (χ1) is 15.3. The molecular weight excluding hydrogens is 462 g/mol. The molecular formula is C23H21F4NO4S. The van der Waals surface area contributed by atoms with Gasteiger partial charge in [0, 0.05) is 11.6 Å². The van der Waals surface area contributed by atoms with E-state index in [9.17, 15) is 27.5 Å². The molecule has 2 aromatic carbocycles. The summed E-state index contributed by atoms with van der Waals surface area (Å²) in [6.07, 6.45) is -4.77. The average molecular weight is 483 g/mol. The molecule has 176 valence electrons. The van der Waals surface area contributed by atoms with Crippen molar-refractivity contribution in [1.82, 2.24) is 4.98 Å². The van der Waals surface area contributed by atoms with E-state index in [1.165, 1.54) is 31.3 Å². The molecule has 0 amide bonds. The van der Waals surface area contributed by atoms with Crippen molar-refractivity contribution < 1.29 is 36.9 Å². The molecule has 0 fully saturated rings. The highest BCUT2D eigenvalue weighted by molar-refractivity contribution is 7.15. The van der Waals surface area contributed by atoms with Gasteiger partial charge in [-0.05, 0) is 57.5 Å². The zero-order chi connectivity index (χ0) is 24.6. The number of nitrogens with zero attached hydrogens (tertiary/aromatic N) is 1. The van der Waals surface area contributed by atoms with Crippen molar-refractivity contribution in [2.45, 2.75) is 46.1 Å². The predicted octanol–water partition coefficient (Wildman–Crippen LogP) is 6.41. The Morgan fingerprint density at radius 1 is 1.09 bits per heavy atom. The number of hydrogen-bond acceptors (Lipinski definition) is 5. The number of aliphatic carboxylic acids is 1. The first-order valence-corrected chi connectivity index (χ1v) is 10.6. The van der Waals surface area contributed by atoms with Crippen LogP contribution in [0.2, 0.25) is 0 Å². The minimum Gasteiger partial charge on any atom is -0.488 e. The second-order valence-corrected chi connectivity index (χ2v) is 8.99. The standard InChI is InChI=1S/C23H21F4NO4S/c1-12-7-15(10-16(8-12)32-22(3,4)21(29)30)31-11-19-13(2)28-20(33-19)14-5-6-17(18(24)9-14)23(25,26)27/h5-10H,11H2,1-4H3,(H,29,30). The van der Waals surface area contributed by atoms with Crippen molar-refractivity contribution in [3.8, 4) is 22.1 Å². The summed E-state index contributed by atoms with van der Waals surface area (Å²) in [5, 5.41) is 9.62. The van der Waals surface area contributed by atoms with Gasteiger partial charge in [0.2, 0.25) is 0 Å². The Bertz CT molecular complexity index is 1190. The number of carbonyl (C=O) groups is 1. The molecule has 1 aromatic heterocycles. The molecule has 5 nitrogen and oxygen atoms in total. The summed E-state index contributed by atoms with van der Waals surface area (Å²) in [4.78, 5) is 16.3. The van der Waals surface area contributed by atoms with Gasteiger partial charge in [0.15, 0.2) is 5.60 Å². The molecule has 33 heavy (non-hydrogen) atoms. The van der Waals surface area contributed by atoms with Crippen LogP contribution in [0.3, 0.4) is 0 Å². The number of hydrogen-bond donors (Lipinski definition) is 1. The van der Waals surface area contributed by atoms with E-state index >= 15 is 0 Å². The maximum absolute atomic E-state index is 13.9. The van der Waals surface area contributed by atoms with E-state index in [1.807, 2.05) is 6.92 Å². The van der Waals surface area contributed by atoms with E-state index in [-0.39, 0.29) is 12.2 Å². The lowest BCUT2D eigenvalue weighted by Crippen LogP contribution is -2.37. The van der Waals surface area contributed by atoms with Gasteiger partial charge < -0.3 is 14.6 Å². The molecule has 0 aliphatic heterocycles. The van der Waals surface area contributed by atoms with Gasteiger partial charge in [-0.15, -0.1) is 11.3 Å². The molecule has 0 saturated carbocycles. The molecule has 0 saturated heterocycles. The van der Waals surface area contributed by atoms with Crippen LogP contribution in [-0.2, 0) is 17.6 Å². The van der Waals surface area contributed by atoms with Crippen molar-refractivity contribution >= 4 is 17.3 Å². The predicted molar refractivity (Wildman–Crippen MR) is 115 cm³/mol. The number of carboxylic acids is 1. The third-order valence-corrected chi connectivity index (χ3v) is 5.88. The first-order valence-electron chi connectivity index (χ1n) is 9.76. The summed E-state index contributed by atoms with van der Waals surface area (Å²) in [7, 11) is 0. The fourth-order valence-corrected chi connectivity index (χ4v) is 3.88. The van der Waals surface area contributed by atoms with Gasteiger partial charge in [-0.1, -0.05) is 6.07 Å². The van der Waals surface area contributed by atoms with Crippen LogP contribution in [-0.4, -0.2) is 21.7 Å². The summed E-state index contributed by atoms with van der Waals surface area (Å²) in [5.41, 5.74) is -1.11. The Balaban J connectivity index is 1.78. The lowest BCUT2D eigenvalue weighted by molar-refractivity contribution is -0.152. The summed E-state index contributed by atoms with van der Waals surface area (Å²) >= 11 is 1.18. The Labute approximate surface area is 191 Å². The zero-order valence-corrected chi connectivity index (χ0v) is 19.0. The van der Waals surface area contributed by atoms with Crippen LogP contribution in [0.15, 0.2) is 36.4 Å². The second-order valence-electron chi connectivity index (χ2n) is 7.91. The minimum absolute atomic E-state index is 0.109. The fourth-order valence-electron chi connectivity index (χ4n) is 2.91. The largest absolute Gasteiger partial charge is 0.488 e. The molecule has 0 spiro atoms. The van der Waals surface area contributed by atoms with Gasteiger partial charge in [0.1, 0.15) is 28.9 Å². The van der Waals surface area contributed by atoms with E-state index < -0.39 is 29.1 Å². The number of rotatable bonds is 7. The Morgan fingerprint density at radius 2 is 1.76 bits per heavy atom. The van der Waals surface area contributed by atoms with Gasteiger partial charge in [0.25, 0.3) is 0 Å². The van der Waals surface area contributed by atoms with Crippen LogP contribution in [0.1, 0.15) is 35.5 Å². The van der Waals surface area contributed by atoms with Gasteiger partial charge >= 0.3 is 12.1 Å². The Kier molecular flexibility index (Phi) is 6.69. The van der Waals surface area contributed by atoms with Crippen LogP contribution in [0, 0.1) is 19.7 Å². The third-order valence-electron chi connectivity index (χ3n) is 4.70. The van der Waals surface area contributed by atoms with Crippen LogP contribution in [0.25, 0.3) is 10.6 Å². The summed E-state index contributed by atoms with van der Waals surface area (Å²) in [6.45, 7) is 6.51. The topological polar surface area (TPSA) is 68.7 Å². The smallest absolute Gasteiger partial charge is 0.419 e. The normalized spacial score (nSPS) is 12.0. The molecule has 0 unspecified atom stereocenters. The molecule has 3 rings (SSSR count). The third kappa shape index (κ3) is 5.81. The number of aromatic nitrogens is 1. The van der Waals surface area contributed by atoms with Crippen molar-refractivity contribution in [2.75, 3.05) is 0 Å². The Morgan fingerprint density at radius 3 is 2.36 bits per heavy atom. The quantitative estimate of drug-likeness (QED) is 0.394. The molecule has 0 aliphatic carbocycles. The van der Waals surface area contributed by atoms with Crippen molar-refractivity contribution in [1.29, 1.82) is 0 Å². The number of aryl methyl sites for hydroxylation is 2. The molecule has 10 heteroatoms. The highest BCUT2D eigenvalue weighted by Gasteiger charge is 2.34. The highest BCUT2D eigenvalue weighted by Crippen LogP contribution is 2.35. The lowest BCUT2D eigenvalue weighted by Gasteiger charge is -2.22. The minimum atomic E-state index is -4.77. The van der Waals surface area contributed by atoms with Gasteiger partial charge in [-0.25, -0.2) is 14.2 Å². The second kappa shape index (κ2) is 9.01. The number of thiazole rings is 1. The summed E-state index contributed by atoms with van der Waals surface area (Å²) < 4.78 is 63.7. The van der Waals surface area contributed by atoms with Crippen molar-refractivity contribution in [2.24, 2.45) is 0 Å². The molecule has 3 aromatic rings. The number of halogens is 4. The molecule has 1 heterocycles. The van der Waals surface area contributed by atoms with E-state index in [0.29, 0.717) is 33.1 Å². The average Bonchev–Trinajstić information content (AvgIpc) is 3.05. The van der Waals surface area contributed by atoms with Crippen molar-refractivity contribution in [3.63, 3.8) is 0 Å². The van der Waals surface area contributed by atoms with Crippen LogP contribution < -0.4 is 9.47 Å². The molecule has 0 bridgehead atoms. The van der Waals surface area contributed by atoms with Crippen molar-refractivity contribution in [3.05, 3.63) is 63.9 Å². The van der Waals surface area contributed by atoms with E-state index in [0.717, 1.165) is 11.6 Å². The number of benzene rings is 2.